The Balaban J connectivity index is 0.00000191. The average molecular weight is 309 g/mol. The van der Waals surface area contributed by atoms with E-state index >= 15 is 0 Å². The lowest BCUT2D eigenvalue weighted by Gasteiger charge is -2.15. The summed E-state index contributed by atoms with van der Waals surface area (Å²) in [5, 5.41) is 0. The summed E-state index contributed by atoms with van der Waals surface area (Å²) < 4.78 is 0. The van der Waals surface area contributed by atoms with Gasteiger partial charge in [-0.2, -0.15) is 0 Å². The van der Waals surface area contributed by atoms with E-state index in [2.05, 4.69) is 5.43 Å². The van der Waals surface area contributed by atoms with Gasteiger partial charge in [-0.1, -0.05) is 52.0 Å². The van der Waals surface area contributed by atoms with Gasteiger partial charge >= 0.3 is 0 Å². The van der Waals surface area contributed by atoms with Gasteiger partial charge in [0.1, 0.15) is 0 Å². The molecule has 5 heteroatoms. The number of carbonyl (C=O) groups excluding carboxylic acids is 1. The lowest BCUT2D eigenvalue weighted by atomic mass is 9.91. The highest BCUT2D eigenvalue weighted by Crippen LogP contribution is 2.21. The third kappa shape index (κ3) is 5.28. The van der Waals surface area contributed by atoms with Crippen LogP contribution in [0.25, 0.3) is 0 Å². The van der Waals surface area contributed by atoms with E-state index < -0.39 is 0 Å². The van der Waals surface area contributed by atoms with E-state index in [1.54, 1.807) is 0 Å². The van der Waals surface area contributed by atoms with Crippen molar-refractivity contribution in [2.24, 2.45) is 11.6 Å². The van der Waals surface area contributed by atoms with Gasteiger partial charge in [0.25, 0.3) is 0 Å². The molecule has 0 aliphatic rings. The van der Waals surface area contributed by atoms with Crippen molar-refractivity contribution >= 4 is 22.9 Å². The molecule has 21 heavy (non-hydrogen) atoms. The van der Waals surface area contributed by atoms with Gasteiger partial charge in [0.05, 0.1) is 11.4 Å². The summed E-state index contributed by atoms with van der Waals surface area (Å²) in [7, 11) is 0. The molecular weight excluding hydrogens is 282 g/mol. The zero-order chi connectivity index (χ0) is 16.4. The van der Waals surface area contributed by atoms with Crippen molar-refractivity contribution in [3.8, 4) is 0 Å². The Bertz CT molecular complexity index is 461. The number of thiocarbonyl (C=S) groups is 1. The Morgan fingerprint density at radius 2 is 1.67 bits per heavy atom. The van der Waals surface area contributed by atoms with Gasteiger partial charge in [-0.15, -0.1) is 0 Å². The van der Waals surface area contributed by atoms with Crippen LogP contribution in [-0.2, 0) is 24.2 Å². The number of Topliss-reactive ketones (excluding diaryl/α,β-unsaturated/α-hetero) is 1. The van der Waals surface area contributed by atoms with Gasteiger partial charge in [0.2, 0.25) is 0 Å². The van der Waals surface area contributed by atoms with E-state index in [0.29, 0.717) is 11.4 Å². The van der Waals surface area contributed by atoms with Crippen LogP contribution in [0.15, 0.2) is 12.1 Å². The zero-order valence-corrected chi connectivity index (χ0v) is 14.3. The normalized spacial score (nSPS) is 9.81. The first-order valence-electron chi connectivity index (χ1n) is 7.44. The summed E-state index contributed by atoms with van der Waals surface area (Å²) in [6, 6.07) is 4.06. The number of nitrogens with one attached hydrogen (secondary N) is 1. The molecule has 0 unspecified atom stereocenters. The molecule has 0 spiro atoms. The highest BCUT2D eigenvalue weighted by molar-refractivity contribution is 7.82. The molecule has 0 aliphatic heterocycles. The van der Waals surface area contributed by atoms with E-state index in [0.717, 1.165) is 35.1 Å². The highest BCUT2D eigenvalue weighted by Gasteiger charge is 2.18. The average Bonchev–Trinajstić information content (AvgIpc) is 2.54. The lowest BCUT2D eigenvalue weighted by Crippen LogP contribution is -2.33. The molecule has 1 rings (SSSR count). The molecular formula is C16H27N3OS. The number of rotatable bonds is 7. The molecule has 0 bridgehead atoms. The summed E-state index contributed by atoms with van der Waals surface area (Å²) in [4.78, 5) is 12.3. The molecule has 0 radical (unpaired) electrons. The lowest BCUT2D eigenvalue weighted by molar-refractivity contribution is -0.112. The van der Waals surface area contributed by atoms with Gasteiger partial charge in [0.15, 0.2) is 5.78 Å². The van der Waals surface area contributed by atoms with Crippen molar-refractivity contribution in [1.29, 1.82) is 0 Å². The number of aryl methyl sites for hydroxylation is 2. The third-order valence-electron chi connectivity index (χ3n) is 3.10. The van der Waals surface area contributed by atoms with E-state index in [4.69, 9.17) is 23.8 Å². The fourth-order valence-electron chi connectivity index (χ4n) is 2.12. The summed E-state index contributed by atoms with van der Waals surface area (Å²) in [6.45, 7) is 8.65. The Labute approximate surface area is 133 Å². The van der Waals surface area contributed by atoms with Crippen molar-refractivity contribution in [3.05, 3.63) is 34.4 Å². The van der Waals surface area contributed by atoms with E-state index in [9.17, 15) is 4.79 Å². The van der Waals surface area contributed by atoms with Crippen LogP contribution < -0.4 is 17.0 Å². The number of ketones is 1. The maximum atomic E-state index is 11.9. The minimum Gasteiger partial charge on any atom is -0.326 e. The van der Waals surface area contributed by atoms with Crippen LogP contribution in [0.5, 0.6) is 0 Å². The fourth-order valence-corrected chi connectivity index (χ4v) is 2.45. The van der Waals surface area contributed by atoms with Gasteiger partial charge < -0.3 is 5.73 Å². The first kappa shape index (κ1) is 19.9. The molecule has 0 saturated heterocycles. The van der Waals surface area contributed by atoms with Crippen molar-refractivity contribution in [1.82, 2.24) is 5.43 Å². The standard InChI is InChI=1S/C14H21N3OS.C2H6/c1-3-10-5-9(7-15)6-11(4-2)13(10)14(19)12(18)8-17-16;1-2/h5-6,17H,3-4,7-8,15-16H2,1-2H3;1-2H3. The molecule has 1 aromatic carbocycles. The number of hydrogen-bond acceptors (Lipinski definition) is 5. The second kappa shape index (κ2) is 10.6. The summed E-state index contributed by atoms with van der Waals surface area (Å²) in [5.74, 6) is 5.03. The fraction of sp³-hybridized carbons (Fsp3) is 0.500. The minimum absolute atomic E-state index is 0.0593. The van der Waals surface area contributed by atoms with Gasteiger partial charge in [-0.25, -0.2) is 0 Å². The molecule has 0 heterocycles. The van der Waals surface area contributed by atoms with Gasteiger partial charge in [-0.3, -0.25) is 16.1 Å². The molecule has 0 aliphatic carbocycles. The zero-order valence-electron chi connectivity index (χ0n) is 13.5. The number of hydrogen-bond donors (Lipinski definition) is 3. The maximum Gasteiger partial charge on any atom is 0.189 e. The van der Waals surface area contributed by atoms with Crippen LogP contribution in [0, 0.1) is 0 Å². The second-order valence-electron chi connectivity index (χ2n) is 4.33. The van der Waals surface area contributed by atoms with Crippen molar-refractivity contribution in [2.75, 3.05) is 6.54 Å². The van der Waals surface area contributed by atoms with Crippen molar-refractivity contribution in [2.45, 2.75) is 47.1 Å². The van der Waals surface area contributed by atoms with Gasteiger partial charge in [-0.05, 0) is 29.5 Å². The number of hydrazine groups is 1. The minimum atomic E-state index is -0.151. The molecule has 4 nitrogen and oxygen atoms in total. The first-order valence-corrected chi connectivity index (χ1v) is 7.85. The predicted molar refractivity (Wildman–Crippen MR) is 93.3 cm³/mol. The maximum absolute atomic E-state index is 11.9. The summed E-state index contributed by atoms with van der Waals surface area (Å²) in [5.41, 5.74) is 12.2. The second-order valence-corrected chi connectivity index (χ2v) is 4.74. The number of nitrogens with two attached hydrogens (primary N) is 2. The van der Waals surface area contributed by atoms with E-state index in [-0.39, 0.29) is 12.3 Å². The summed E-state index contributed by atoms with van der Waals surface area (Å²) in [6.07, 6.45) is 1.64. The quantitative estimate of drug-likeness (QED) is 0.311. The van der Waals surface area contributed by atoms with Crippen LogP contribution in [0.3, 0.4) is 0 Å². The Morgan fingerprint density at radius 3 is 2.00 bits per heavy atom. The Kier molecular flexibility index (Phi) is 9.99. The Morgan fingerprint density at radius 1 is 1.19 bits per heavy atom. The van der Waals surface area contributed by atoms with Crippen LogP contribution in [-0.4, -0.2) is 17.2 Å². The number of carbonyl (C=O) groups is 1. The predicted octanol–water partition coefficient (Wildman–Crippen LogP) is 2.05. The van der Waals surface area contributed by atoms with Gasteiger partial charge in [0, 0.05) is 12.1 Å². The van der Waals surface area contributed by atoms with E-state index in [1.165, 1.54) is 0 Å². The third-order valence-corrected chi connectivity index (χ3v) is 3.53. The molecule has 0 aromatic heterocycles. The first-order chi connectivity index (χ1) is 10.1. The number of benzene rings is 1. The Hall–Kier alpha value is -1.14. The SMILES string of the molecule is CC.CCc1cc(CN)cc(CC)c1C(=S)C(=O)CNN. The monoisotopic (exact) mass is 309 g/mol. The largest absolute Gasteiger partial charge is 0.326 e. The van der Waals surface area contributed by atoms with Crippen molar-refractivity contribution in [3.63, 3.8) is 0 Å². The molecule has 1 aromatic rings. The molecule has 0 saturated carbocycles. The molecule has 0 fully saturated rings. The smallest absolute Gasteiger partial charge is 0.189 e. The molecule has 5 N–H and O–H groups in total. The van der Waals surface area contributed by atoms with Crippen LogP contribution >= 0.6 is 12.2 Å². The van der Waals surface area contributed by atoms with Crippen molar-refractivity contribution < 1.29 is 4.79 Å². The molecule has 0 atom stereocenters. The summed E-state index contributed by atoms with van der Waals surface area (Å²) >= 11 is 5.32. The molecule has 118 valence electrons. The van der Waals surface area contributed by atoms with Crippen LogP contribution in [0.4, 0.5) is 0 Å². The van der Waals surface area contributed by atoms with E-state index in [1.807, 2.05) is 39.8 Å². The topological polar surface area (TPSA) is 81.1 Å². The highest BCUT2D eigenvalue weighted by atomic mass is 32.1. The van der Waals surface area contributed by atoms with Crippen LogP contribution in [0.2, 0.25) is 0 Å². The molecule has 0 amide bonds. The van der Waals surface area contributed by atoms with Crippen LogP contribution in [0.1, 0.15) is 49.9 Å².